The van der Waals surface area contributed by atoms with E-state index in [0.717, 1.165) is 16.9 Å². The number of fused-ring (bicyclic) bond motifs is 1. The van der Waals surface area contributed by atoms with E-state index in [2.05, 4.69) is 15.3 Å². The van der Waals surface area contributed by atoms with Crippen molar-refractivity contribution in [3.8, 4) is 11.5 Å². The highest BCUT2D eigenvalue weighted by molar-refractivity contribution is 6.30. The highest BCUT2D eigenvalue weighted by Crippen LogP contribution is 2.21. The molecule has 0 aliphatic heterocycles. The van der Waals surface area contributed by atoms with Crippen LogP contribution in [0.4, 0.5) is 0 Å². The number of aryl methyl sites for hydroxylation is 1. The highest BCUT2D eigenvalue weighted by atomic mass is 35.5. The van der Waals surface area contributed by atoms with Crippen molar-refractivity contribution in [2.24, 2.45) is 0 Å². The Labute approximate surface area is 160 Å². The molecule has 136 valence electrons. The fourth-order valence-corrected chi connectivity index (χ4v) is 2.97. The molecule has 4 rings (SSSR count). The molecule has 0 aliphatic rings. The second-order valence-electron chi connectivity index (χ2n) is 6.19. The summed E-state index contributed by atoms with van der Waals surface area (Å²) in [5.41, 5.74) is 3.06. The molecule has 7 heteroatoms. The van der Waals surface area contributed by atoms with Crippen LogP contribution >= 0.6 is 11.6 Å². The number of rotatable bonds is 5. The Bertz CT molecular complexity index is 1100. The highest BCUT2D eigenvalue weighted by Gasteiger charge is 2.15. The minimum Gasteiger partial charge on any atom is -0.441 e. The first-order valence-corrected chi connectivity index (χ1v) is 8.88. The predicted octanol–water partition coefficient (Wildman–Crippen LogP) is 3.81. The van der Waals surface area contributed by atoms with Crippen LogP contribution in [-0.4, -0.2) is 20.3 Å². The van der Waals surface area contributed by atoms with Crippen molar-refractivity contribution < 1.29 is 9.21 Å². The standard InChI is InChI=1S/C20H17ClN4O2/c1-13-17(24-20(27-13)14-5-3-2-4-6-14)9-19(26)22-10-16-12-25-11-15(21)7-8-18(25)23-16/h2-8,11-12H,9-10H2,1H3,(H,22,26). The number of halogens is 1. The fraction of sp³-hybridized carbons (Fsp3) is 0.150. The zero-order chi connectivity index (χ0) is 18.8. The van der Waals surface area contributed by atoms with Gasteiger partial charge in [0.15, 0.2) is 0 Å². The molecule has 0 unspecified atom stereocenters. The Hall–Kier alpha value is -3.12. The van der Waals surface area contributed by atoms with Crippen molar-refractivity contribution in [2.45, 2.75) is 19.9 Å². The first-order chi connectivity index (χ1) is 13.1. The second kappa shape index (κ2) is 7.25. The molecule has 1 amide bonds. The maximum absolute atomic E-state index is 12.3. The lowest BCUT2D eigenvalue weighted by Crippen LogP contribution is -2.25. The number of benzene rings is 1. The van der Waals surface area contributed by atoms with Gasteiger partial charge in [-0.25, -0.2) is 9.97 Å². The Kier molecular flexibility index (Phi) is 4.64. The minimum atomic E-state index is -0.138. The third-order valence-corrected chi connectivity index (χ3v) is 4.40. The van der Waals surface area contributed by atoms with Gasteiger partial charge in [0.25, 0.3) is 0 Å². The molecule has 1 N–H and O–H groups in total. The van der Waals surface area contributed by atoms with Gasteiger partial charge in [-0.3, -0.25) is 4.79 Å². The molecule has 6 nitrogen and oxygen atoms in total. The van der Waals surface area contributed by atoms with Gasteiger partial charge < -0.3 is 14.1 Å². The van der Waals surface area contributed by atoms with E-state index in [-0.39, 0.29) is 12.3 Å². The van der Waals surface area contributed by atoms with E-state index in [0.29, 0.717) is 28.9 Å². The van der Waals surface area contributed by atoms with Crippen LogP contribution < -0.4 is 5.32 Å². The number of aromatic nitrogens is 3. The summed E-state index contributed by atoms with van der Waals surface area (Å²) in [5.74, 6) is 1.03. The van der Waals surface area contributed by atoms with Crippen LogP contribution in [0.5, 0.6) is 0 Å². The zero-order valence-corrected chi connectivity index (χ0v) is 15.4. The summed E-state index contributed by atoms with van der Waals surface area (Å²) in [6.45, 7) is 2.15. The molecular formula is C20H17ClN4O2. The molecule has 0 spiro atoms. The lowest BCUT2D eigenvalue weighted by molar-refractivity contribution is -0.120. The predicted molar refractivity (Wildman–Crippen MR) is 102 cm³/mol. The largest absolute Gasteiger partial charge is 0.441 e. The van der Waals surface area contributed by atoms with E-state index in [4.69, 9.17) is 16.0 Å². The molecule has 27 heavy (non-hydrogen) atoms. The summed E-state index contributed by atoms with van der Waals surface area (Å²) in [6.07, 6.45) is 3.77. The molecule has 0 radical (unpaired) electrons. The Balaban J connectivity index is 1.41. The van der Waals surface area contributed by atoms with Gasteiger partial charge >= 0.3 is 0 Å². The third-order valence-electron chi connectivity index (χ3n) is 4.17. The van der Waals surface area contributed by atoms with E-state index >= 15 is 0 Å². The Morgan fingerprint density at radius 1 is 1.15 bits per heavy atom. The van der Waals surface area contributed by atoms with Gasteiger partial charge in [0, 0.05) is 18.0 Å². The van der Waals surface area contributed by atoms with Crippen LogP contribution in [0.3, 0.4) is 0 Å². The molecule has 4 aromatic rings. The van der Waals surface area contributed by atoms with Crippen molar-refractivity contribution in [1.82, 2.24) is 19.7 Å². The summed E-state index contributed by atoms with van der Waals surface area (Å²) in [5, 5.41) is 3.50. The molecule has 0 saturated heterocycles. The van der Waals surface area contributed by atoms with Gasteiger partial charge in [-0.15, -0.1) is 0 Å². The van der Waals surface area contributed by atoms with Gasteiger partial charge in [-0.1, -0.05) is 29.8 Å². The first-order valence-electron chi connectivity index (χ1n) is 8.50. The van der Waals surface area contributed by atoms with Gasteiger partial charge in [-0.05, 0) is 31.2 Å². The summed E-state index contributed by atoms with van der Waals surface area (Å²) < 4.78 is 7.53. The van der Waals surface area contributed by atoms with E-state index in [1.54, 1.807) is 12.3 Å². The molecule has 0 aliphatic carbocycles. The molecule has 0 bridgehead atoms. The SMILES string of the molecule is Cc1oc(-c2ccccc2)nc1CC(=O)NCc1cn2cc(Cl)ccc2n1. The van der Waals surface area contributed by atoms with Crippen molar-refractivity contribution in [3.05, 3.63) is 77.0 Å². The van der Waals surface area contributed by atoms with E-state index < -0.39 is 0 Å². The van der Waals surface area contributed by atoms with Crippen LogP contribution in [0.15, 0.2) is 59.3 Å². The number of hydrogen-bond acceptors (Lipinski definition) is 4. The van der Waals surface area contributed by atoms with E-state index in [1.807, 2.05) is 53.9 Å². The van der Waals surface area contributed by atoms with Crippen LogP contribution in [0.1, 0.15) is 17.1 Å². The second-order valence-corrected chi connectivity index (χ2v) is 6.62. The van der Waals surface area contributed by atoms with Crippen molar-refractivity contribution in [3.63, 3.8) is 0 Å². The average Bonchev–Trinajstić information content (AvgIpc) is 3.23. The topological polar surface area (TPSA) is 72.4 Å². The summed E-state index contributed by atoms with van der Waals surface area (Å²) in [4.78, 5) is 21.2. The molecule has 3 aromatic heterocycles. The number of nitrogens with one attached hydrogen (secondary N) is 1. The molecule has 0 saturated carbocycles. The number of carbonyl (C=O) groups is 1. The summed E-state index contributed by atoms with van der Waals surface area (Å²) >= 11 is 5.97. The summed E-state index contributed by atoms with van der Waals surface area (Å²) in [7, 11) is 0. The van der Waals surface area contributed by atoms with E-state index in [1.165, 1.54) is 0 Å². The number of pyridine rings is 1. The van der Waals surface area contributed by atoms with Crippen molar-refractivity contribution in [2.75, 3.05) is 0 Å². The number of oxazole rings is 1. The average molecular weight is 381 g/mol. The van der Waals surface area contributed by atoms with E-state index in [9.17, 15) is 4.79 Å². The zero-order valence-electron chi connectivity index (χ0n) is 14.6. The van der Waals surface area contributed by atoms with Crippen molar-refractivity contribution in [1.29, 1.82) is 0 Å². The van der Waals surface area contributed by atoms with Crippen molar-refractivity contribution >= 4 is 23.2 Å². The molecular weight excluding hydrogens is 364 g/mol. The third kappa shape index (κ3) is 3.85. The summed E-state index contributed by atoms with van der Waals surface area (Å²) in [6, 6.07) is 13.2. The molecule has 1 aromatic carbocycles. The Morgan fingerprint density at radius 2 is 1.96 bits per heavy atom. The van der Waals surface area contributed by atoms with Crippen LogP contribution in [0.25, 0.3) is 17.1 Å². The fourth-order valence-electron chi connectivity index (χ4n) is 2.80. The van der Waals surface area contributed by atoms with Crippen LogP contribution in [0, 0.1) is 6.92 Å². The monoisotopic (exact) mass is 380 g/mol. The smallest absolute Gasteiger partial charge is 0.226 e. The van der Waals surface area contributed by atoms with Gasteiger partial charge in [0.2, 0.25) is 11.8 Å². The van der Waals surface area contributed by atoms with Gasteiger partial charge in [0.1, 0.15) is 11.4 Å². The molecule has 0 fully saturated rings. The quantitative estimate of drug-likeness (QED) is 0.571. The molecule has 3 heterocycles. The maximum Gasteiger partial charge on any atom is 0.226 e. The minimum absolute atomic E-state index is 0.138. The maximum atomic E-state index is 12.3. The first kappa shape index (κ1) is 17.3. The van der Waals surface area contributed by atoms with Gasteiger partial charge in [-0.2, -0.15) is 0 Å². The van der Waals surface area contributed by atoms with Crippen LogP contribution in [-0.2, 0) is 17.8 Å². The van der Waals surface area contributed by atoms with Crippen LogP contribution in [0.2, 0.25) is 5.02 Å². The lowest BCUT2D eigenvalue weighted by Gasteiger charge is -2.01. The number of hydrogen-bond donors (Lipinski definition) is 1. The number of amides is 1. The number of nitrogens with zero attached hydrogens (tertiary/aromatic N) is 3. The number of imidazole rings is 1. The van der Waals surface area contributed by atoms with Gasteiger partial charge in [0.05, 0.1) is 29.4 Å². The normalized spacial score (nSPS) is 11.0. The Morgan fingerprint density at radius 3 is 2.78 bits per heavy atom. The number of carbonyl (C=O) groups excluding carboxylic acids is 1. The lowest BCUT2D eigenvalue weighted by atomic mass is 10.2. The molecule has 0 atom stereocenters.